The predicted molar refractivity (Wildman–Crippen MR) is 68.7 cm³/mol. The molecule has 0 fully saturated rings. The van der Waals surface area contributed by atoms with Crippen LogP contribution >= 0.6 is 11.8 Å². The van der Waals surface area contributed by atoms with Gasteiger partial charge in [-0.25, -0.2) is 0 Å². The van der Waals surface area contributed by atoms with Gasteiger partial charge < -0.3 is 0 Å². The Balaban J connectivity index is 2.41. The van der Waals surface area contributed by atoms with Crippen LogP contribution in [0.2, 0.25) is 0 Å². The molecule has 0 atom stereocenters. The first-order valence-electron chi connectivity index (χ1n) is 5.33. The Labute approximate surface area is 108 Å². The fourth-order valence-electron chi connectivity index (χ4n) is 1.72. The minimum Gasteiger partial charge on any atom is -0.166 e. The molecule has 94 valence electrons. The fourth-order valence-corrected chi connectivity index (χ4v) is 2.34. The summed E-state index contributed by atoms with van der Waals surface area (Å²) >= 11 is 1.58. The third-order valence-electron chi connectivity index (χ3n) is 2.63. The Hall–Kier alpha value is -1.42. The lowest BCUT2D eigenvalue weighted by Crippen LogP contribution is -2.04. The van der Waals surface area contributed by atoms with Gasteiger partial charge in [0.15, 0.2) is 0 Å². The summed E-state index contributed by atoms with van der Waals surface area (Å²) in [7, 11) is 0. The maximum absolute atomic E-state index is 12.5. The first-order valence-corrected chi connectivity index (χ1v) is 6.55. The smallest absolute Gasteiger partial charge is 0.166 e. The van der Waals surface area contributed by atoms with Crippen molar-refractivity contribution in [3.05, 3.63) is 54.1 Å². The van der Waals surface area contributed by atoms with Crippen LogP contribution < -0.4 is 0 Å². The van der Waals surface area contributed by atoms with Crippen LogP contribution in [0.3, 0.4) is 0 Å². The molecule has 0 heterocycles. The van der Waals surface area contributed by atoms with Crippen LogP contribution in [0.4, 0.5) is 13.2 Å². The molecule has 0 aliphatic carbocycles. The Morgan fingerprint density at radius 2 is 1.50 bits per heavy atom. The van der Waals surface area contributed by atoms with E-state index >= 15 is 0 Å². The molecule has 2 aromatic carbocycles. The van der Waals surface area contributed by atoms with Crippen LogP contribution in [0.25, 0.3) is 11.1 Å². The highest BCUT2D eigenvalue weighted by molar-refractivity contribution is 7.98. The second kappa shape index (κ2) is 5.06. The van der Waals surface area contributed by atoms with Gasteiger partial charge in [0, 0.05) is 4.90 Å². The van der Waals surface area contributed by atoms with Crippen molar-refractivity contribution in [3.63, 3.8) is 0 Å². The summed E-state index contributed by atoms with van der Waals surface area (Å²) in [5.41, 5.74) is 1.14. The van der Waals surface area contributed by atoms with Gasteiger partial charge in [0.05, 0.1) is 5.56 Å². The summed E-state index contributed by atoms with van der Waals surface area (Å²) in [4.78, 5) is 1.05. The lowest BCUT2D eigenvalue weighted by molar-refractivity contribution is -0.137. The van der Waals surface area contributed by atoms with Crippen molar-refractivity contribution in [2.45, 2.75) is 11.1 Å². The molecule has 0 saturated heterocycles. The second-order valence-corrected chi connectivity index (χ2v) is 4.62. The normalized spacial score (nSPS) is 11.6. The zero-order chi connectivity index (χ0) is 13.2. The van der Waals surface area contributed by atoms with Gasteiger partial charge in [-0.2, -0.15) is 13.2 Å². The molecule has 0 bridgehead atoms. The molecule has 0 N–H and O–H groups in total. The zero-order valence-electron chi connectivity index (χ0n) is 9.66. The highest BCUT2D eigenvalue weighted by atomic mass is 32.2. The molecule has 0 amide bonds. The summed E-state index contributed by atoms with van der Waals surface area (Å²) in [5.74, 6) is 0. The molecule has 2 aromatic rings. The van der Waals surface area contributed by atoms with Crippen molar-refractivity contribution in [2.75, 3.05) is 6.26 Å². The summed E-state index contributed by atoms with van der Waals surface area (Å²) in [5, 5.41) is 0. The minimum absolute atomic E-state index is 0.618. The molecule has 0 aromatic heterocycles. The number of halogens is 3. The minimum atomic E-state index is -4.28. The monoisotopic (exact) mass is 268 g/mol. The van der Waals surface area contributed by atoms with Gasteiger partial charge in [-0.1, -0.05) is 30.3 Å². The molecule has 0 saturated carbocycles. The molecule has 2 rings (SSSR count). The van der Waals surface area contributed by atoms with Gasteiger partial charge in [-0.05, 0) is 35.6 Å². The molecular formula is C14H11F3S. The molecule has 0 unspecified atom stereocenters. The van der Waals surface area contributed by atoms with Gasteiger partial charge >= 0.3 is 6.18 Å². The van der Waals surface area contributed by atoms with Gasteiger partial charge in [-0.3, -0.25) is 0 Å². The first-order chi connectivity index (χ1) is 8.52. The van der Waals surface area contributed by atoms with E-state index in [1.165, 1.54) is 12.1 Å². The SMILES string of the molecule is CSc1ccccc1-c1ccc(C(F)(F)F)cc1. The highest BCUT2D eigenvalue weighted by Gasteiger charge is 2.29. The van der Waals surface area contributed by atoms with Crippen LogP contribution in [0.5, 0.6) is 0 Å². The van der Waals surface area contributed by atoms with Crippen LogP contribution in [-0.4, -0.2) is 6.26 Å². The van der Waals surface area contributed by atoms with Crippen molar-refractivity contribution in [1.29, 1.82) is 0 Å². The third-order valence-corrected chi connectivity index (χ3v) is 3.43. The van der Waals surface area contributed by atoms with Crippen LogP contribution in [0.1, 0.15) is 5.56 Å². The summed E-state index contributed by atoms with van der Waals surface area (Å²) in [6.45, 7) is 0. The lowest BCUT2D eigenvalue weighted by Gasteiger charge is -2.10. The molecule has 0 nitrogen and oxygen atoms in total. The quantitative estimate of drug-likeness (QED) is 0.683. The van der Waals surface area contributed by atoms with Crippen molar-refractivity contribution in [1.82, 2.24) is 0 Å². The van der Waals surface area contributed by atoms with E-state index in [2.05, 4.69) is 0 Å². The van der Waals surface area contributed by atoms with E-state index in [1.807, 2.05) is 30.5 Å². The van der Waals surface area contributed by atoms with E-state index in [0.29, 0.717) is 0 Å². The first kappa shape index (κ1) is 13.0. The molecule has 0 aliphatic heterocycles. The standard InChI is InChI=1S/C14H11F3S/c1-18-13-5-3-2-4-12(13)10-6-8-11(9-7-10)14(15,16)17/h2-9H,1H3. The molecule has 4 heteroatoms. The molecule has 0 spiro atoms. The van der Waals surface area contributed by atoms with Gasteiger partial charge in [-0.15, -0.1) is 11.8 Å². The fraction of sp³-hybridized carbons (Fsp3) is 0.143. The number of benzene rings is 2. The Morgan fingerprint density at radius 1 is 0.889 bits per heavy atom. The average Bonchev–Trinajstić information content (AvgIpc) is 2.38. The summed E-state index contributed by atoms with van der Waals surface area (Å²) < 4.78 is 37.4. The van der Waals surface area contributed by atoms with Crippen molar-refractivity contribution in [2.24, 2.45) is 0 Å². The number of hydrogen-bond acceptors (Lipinski definition) is 1. The Kier molecular flexibility index (Phi) is 3.66. The number of thioether (sulfide) groups is 1. The van der Waals surface area contributed by atoms with Gasteiger partial charge in [0.25, 0.3) is 0 Å². The van der Waals surface area contributed by atoms with E-state index in [0.717, 1.165) is 28.2 Å². The van der Waals surface area contributed by atoms with Crippen molar-refractivity contribution >= 4 is 11.8 Å². The molecule has 0 aliphatic rings. The van der Waals surface area contributed by atoms with Crippen LogP contribution in [0.15, 0.2) is 53.4 Å². The van der Waals surface area contributed by atoms with Crippen LogP contribution in [-0.2, 0) is 6.18 Å². The highest BCUT2D eigenvalue weighted by Crippen LogP contribution is 2.33. The summed E-state index contributed by atoms with van der Waals surface area (Å²) in [6.07, 6.45) is -2.33. The number of alkyl halides is 3. The maximum Gasteiger partial charge on any atom is 0.416 e. The van der Waals surface area contributed by atoms with Crippen molar-refractivity contribution < 1.29 is 13.2 Å². The summed E-state index contributed by atoms with van der Waals surface area (Å²) in [6, 6.07) is 12.9. The van der Waals surface area contributed by atoms with E-state index in [1.54, 1.807) is 11.8 Å². The van der Waals surface area contributed by atoms with E-state index in [4.69, 9.17) is 0 Å². The van der Waals surface area contributed by atoms with E-state index in [9.17, 15) is 13.2 Å². The Bertz CT molecular complexity index is 529. The molecule has 0 radical (unpaired) electrons. The van der Waals surface area contributed by atoms with Gasteiger partial charge in [0.1, 0.15) is 0 Å². The second-order valence-electron chi connectivity index (χ2n) is 3.78. The number of hydrogen-bond donors (Lipinski definition) is 0. The third kappa shape index (κ3) is 2.70. The largest absolute Gasteiger partial charge is 0.416 e. The zero-order valence-corrected chi connectivity index (χ0v) is 10.5. The van der Waals surface area contributed by atoms with Crippen molar-refractivity contribution in [3.8, 4) is 11.1 Å². The Morgan fingerprint density at radius 3 is 2.06 bits per heavy atom. The molecular weight excluding hydrogens is 257 g/mol. The number of rotatable bonds is 2. The van der Waals surface area contributed by atoms with Gasteiger partial charge in [0.2, 0.25) is 0 Å². The molecule has 18 heavy (non-hydrogen) atoms. The predicted octanol–water partition coefficient (Wildman–Crippen LogP) is 5.09. The van der Waals surface area contributed by atoms with E-state index < -0.39 is 11.7 Å². The van der Waals surface area contributed by atoms with E-state index in [-0.39, 0.29) is 0 Å². The maximum atomic E-state index is 12.5. The lowest BCUT2D eigenvalue weighted by atomic mass is 10.0. The van der Waals surface area contributed by atoms with Crippen LogP contribution in [0, 0.1) is 0 Å². The topological polar surface area (TPSA) is 0 Å². The average molecular weight is 268 g/mol.